The largest absolute Gasteiger partial charge is 0.387 e. The van der Waals surface area contributed by atoms with E-state index < -0.39 is 6.10 Å². The molecule has 1 amide bonds. The summed E-state index contributed by atoms with van der Waals surface area (Å²) in [7, 11) is 0. The van der Waals surface area contributed by atoms with Crippen molar-refractivity contribution < 1.29 is 14.3 Å². The maximum absolute atomic E-state index is 12.9. The van der Waals surface area contributed by atoms with E-state index in [2.05, 4.69) is 10.3 Å². The number of nitrogens with one attached hydrogen (secondary N) is 1. The van der Waals surface area contributed by atoms with Gasteiger partial charge in [0.25, 0.3) is 5.91 Å². The predicted molar refractivity (Wildman–Crippen MR) is 90.4 cm³/mol. The smallest absolute Gasteiger partial charge is 0.251 e. The lowest BCUT2D eigenvalue weighted by molar-refractivity contribution is 0.0916. The standard InChI is InChI=1S/C18H14ClFN2O2/c19-17-8-4-12-9-13(3-7-15(12)22-17)18(24)21-10-16(23)11-1-5-14(20)6-2-11/h1-9,16,23H,10H2,(H,21,24). The van der Waals surface area contributed by atoms with Crippen molar-refractivity contribution in [1.82, 2.24) is 10.3 Å². The molecule has 0 saturated carbocycles. The minimum Gasteiger partial charge on any atom is -0.387 e. The van der Waals surface area contributed by atoms with Crippen molar-refractivity contribution in [2.75, 3.05) is 6.54 Å². The molecule has 24 heavy (non-hydrogen) atoms. The number of carbonyl (C=O) groups excluding carboxylic acids is 1. The normalized spacial score (nSPS) is 12.1. The highest BCUT2D eigenvalue weighted by atomic mass is 35.5. The summed E-state index contributed by atoms with van der Waals surface area (Å²) in [5, 5.41) is 13.9. The number of carbonyl (C=O) groups is 1. The van der Waals surface area contributed by atoms with Crippen molar-refractivity contribution in [1.29, 1.82) is 0 Å². The van der Waals surface area contributed by atoms with Crippen LogP contribution in [0.1, 0.15) is 22.0 Å². The van der Waals surface area contributed by atoms with Crippen molar-refractivity contribution in [3.05, 3.63) is 76.7 Å². The molecule has 1 atom stereocenters. The molecule has 3 aromatic rings. The molecule has 1 unspecified atom stereocenters. The third-order valence-electron chi connectivity index (χ3n) is 3.63. The summed E-state index contributed by atoms with van der Waals surface area (Å²) in [5.74, 6) is -0.687. The van der Waals surface area contributed by atoms with Crippen LogP contribution in [0.4, 0.5) is 4.39 Å². The summed E-state index contributed by atoms with van der Waals surface area (Å²) in [5.41, 5.74) is 1.69. The Morgan fingerprint density at radius 2 is 1.92 bits per heavy atom. The van der Waals surface area contributed by atoms with Gasteiger partial charge in [-0.05, 0) is 48.0 Å². The monoisotopic (exact) mass is 344 g/mol. The SMILES string of the molecule is O=C(NCC(O)c1ccc(F)cc1)c1ccc2nc(Cl)ccc2c1. The first-order valence-corrected chi connectivity index (χ1v) is 7.69. The van der Waals surface area contributed by atoms with E-state index in [9.17, 15) is 14.3 Å². The van der Waals surface area contributed by atoms with E-state index in [-0.39, 0.29) is 18.3 Å². The molecule has 0 aliphatic carbocycles. The van der Waals surface area contributed by atoms with Gasteiger partial charge >= 0.3 is 0 Å². The van der Waals surface area contributed by atoms with Gasteiger partial charge < -0.3 is 10.4 Å². The first-order valence-electron chi connectivity index (χ1n) is 7.31. The van der Waals surface area contributed by atoms with Crippen LogP contribution in [-0.4, -0.2) is 22.5 Å². The molecule has 122 valence electrons. The number of aliphatic hydroxyl groups excluding tert-OH is 1. The number of benzene rings is 2. The molecule has 2 aromatic carbocycles. The Kier molecular flexibility index (Phi) is 4.74. The molecular formula is C18H14ClFN2O2. The molecule has 1 heterocycles. The molecule has 0 aliphatic rings. The molecule has 0 saturated heterocycles. The second-order valence-electron chi connectivity index (χ2n) is 5.32. The van der Waals surface area contributed by atoms with E-state index in [1.807, 2.05) is 0 Å². The molecule has 2 N–H and O–H groups in total. The van der Waals surface area contributed by atoms with Crippen molar-refractivity contribution in [3.63, 3.8) is 0 Å². The number of hydrogen-bond acceptors (Lipinski definition) is 3. The van der Waals surface area contributed by atoms with E-state index >= 15 is 0 Å². The number of amides is 1. The van der Waals surface area contributed by atoms with Gasteiger partial charge in [0.1, 0.15) is 11.0 Å². The zero-order valence-electron chi connectivity index (χ0n) is 12.5. The van der Waals surface area contributed by atoms with E-state index in [1.165, 1.54) is 24.3 Å². The summed E-state index contributed by atoms with van der Waals surface area (Å²) in [4.78, 5) is 16.4. The lowest BCUT2D eigenvalue weighted by Gasteiger charge is -2.12. The van der Waals surface area contributed by atoms with E-state index in [0.717, 1.165) is 5.39 Å². The van der Waals surface area contributed by atoms with Crippen LogP contribution in [0.5, 0.6) is 0 Å². The summed E-state index contributed by atoms with van der Waals surface area (Å²) < 4.78 is 12.9. The number of halogens is 2. The fourth-order valence-electron chi connectivity index (χ4n) is 2.34. The topological polar surface area (TPSA) is 62.2 Å². The molecule has 0 fully saturated rings. The average molecular weight is 345 g/mol. The highest BCUT2D eigenvalue weighted by Gasteiger charge is 2.11. The Balaban J connectivity index is 1.68. The number of hydrogen-bond donors (Lipinski definition) is 2. The first-order chi connectivity index (χ1) is 11.5. The van der Waals surface area contributed by atoms with Gasteiger partial charge in [0, 0.05) is 17.5 Å². The fourth-order valence-corrected chi connectivity index (χ4v) is 2.49. The molecule has 0 radical (unpaired) electrons. The maximum atomic E-state index is 12.9. The quantitative estimate of drug-likeness (QED) is 0.712. The Labute approximate surface area is 142 Å². The van der Waals surface area contributed by atoms with Crippen LogP contribution in [0.3, 0.4) is 0 Å². The zero-order valence-corrected chi connectivity index (χ0v) is 13.3. The second-order valence-corrected chi connectivity index (χ2v) is 5.71. The minimum absolute atomic E-state index is 0.0291. The number of aromatic nitrogens is 1. The summed E-state index contributed by atoms with van der Waals surface area (Å²) in [6, 6.07) is 14.0. The molecule has 0 bridgehead atoms. The van der Waals surface area contributed by atoms with Crippen LogP contribution in [0.2, 0.25) is 5.15 Å². The zero-order chi connectivity index (χ0) is 17.1. The van der Waals surface area contributed by atoms with Gasteiger partial charge in [-0.3, -0.25) is 4.79 Å². The van der Waals surface area contributed by atoms with Crippen molar-refractivity contribution >= 4 is 28.4 Å². The molecular weight excluding hydrogens is 331 g/mol. The number of aliphatic hydroxyl groups is 1. The Hall–Kier alpha value is -2.50. The minimum atomic E-state index is -0.907. The van der Waals surface area contributed by atoms with Gasteiger partial charge in [-0.25, -0.2) is 9.37 Å². The highest BCUT2D eigenvalue weighted by molar-refractivity contribution is 6.29. The van der Waals surface area contributed by atoms with Crippen molar-refractivity contribution in [2.24, 2.45) is 0 Å². The lowest BCUT2D eigenvalue weighted by Crippen LogP contribution is -2.28. The highest BCUT2D eigenvalue weighted by Crippen LogP contribution is 2.17. The second kappa shape index (κ2) is 6.95. The van der Waals surface area contributed by atoms with E-state index in [1.54, 1.807) is 30.3 Å². The third kappa shape index (κ3) is 3.69. The third-order valence-corrected chi connectivity index (χ3v) is 3.84. The number of nitrogens with zero attached hydrogens (tertiary/aromatic N) is 1. The van der Waals surface area contributed by atoms with Crippen LogP contribution in [0, 0.1) is 5.82 Å². The average Bonchev–Trinajstić information content (AvgIpc) is 2.59. The molecule has 3 rings (SSSR count). The van der Waals surface area contributed by atoms with Gasteiger partial charge in [-0.1, -0.05) is 23.7 Å². The van der Waals surface area contributed by atoms with Crippen molar-refractivity contribution in [3.8, 4) is 0 Å². The molecule has 1 aromatic heterocycles. The van der Waals surface area contributed by atoms with Crippen LogP contribution in [-0.2, 0) is 0 Å². The van der Waals surface area contributed by atoms with E-state index in [0.29, 0.717) is 21.8 Å². The summed E-state index contributed by atoms with van der Waals surface area (Å²) >= 11 is 5.83. The number of pyridine rings is 1. The van der Waals surface area contributed by atoms with Crippen molar-refractivity contribution in [2.45, 2.75) is 6.10 Å². The summed E-state index contributed by atoms with van der Waals surface area (Å²) in [6.45, 7) is 0.0291. The number of rotatable bonds is 4. The molecule has 6 heteroatoms. The van der Waals surface area contributed by atoms with E-state index in [4.69, 9.17) is 11.6 Å². The fraction of sp³-hybridized carbons (Fsp3) is 0.111. The maximum Gasteiger partial charge on any atom is 0.251 e. The first kappa shape index (κ1) is 16.4. The van der Waals surface area contributed by atoms with Crippen LogP contribution in [0.15, 0.2) is 54.6 Å². The van der Waals surface area contributed by atoms with Gasteiger partial charge in [0.05, 0.1) is 11.6 Å². The van der Waals surface area contributed by atoms with Crippen LogP contribution in [0.25, 0.3) is 10.9 Å². The Morgan fingerprint density at radius 1 is 1.17 bits per heavy atom. The van der Waals surface area contributed by atoms with Gasteiger partial charge in [0.15, 0.2) is 0 Å². The van der Waals surface area contributed by atoms with Gasteiger partial charge in [0.2, 0.25) is 0 Å². The Morgan fingerprint density at radius 3 is 2.67 bits per heavy atom. The van der Waals surface area contributed by atoms with Gasteiger partial charge in [-0.2, -0.15) is 0 Å². The van der Waals surface area contributed by atoms with Crippen LogP contribution < -0.4 is 5.32 Å². The predicted octanol–water partition coefficient (Wildman–Crippen LogP) is 3.49. The lowest BCUT2D eigenvalue weighted by atomic mass is 10.1. The molecule has 0 spiro atoms. The van der Waals surface area contributed by atoms with Crippen LogP contribution >= 0.6 is 11.6 Å². The molecule has 4 nitrogen and oxygen atoms in total. The Bertz CT molecular complexity index is 884. The molecule has 0 aliphatic heterocycles. The number of fused-ring (bicyclic) bond motifs is 1. The summed E-state index contributed by atoms with van der Waals surface area (Å²) in [6.07, 6.45) is -0.907. The van der Waals surface area contributed by atoms with Gasteiger partial charge in [-0.15, -0.1) is 0 Å².